The molecule has 2 fully saturated rings. The first-order valence-corrected chi connectivity index (χ1v) is 6.87. The van der Waals surface area contributed by atoms with Gasteiger partial charge in [0.2, 0.25) is 5.91 Å². The molecule has 1 aromatic rings. The van der Waals surface area contributed by atoms with E-state index in [1.165, 1.54) is 0 Å². The van der Waals surface area contributed by atoms with E-state index in [4.69, 9.17) is 0 Å². The molecule has 4 nitrogen and oxygen atoms in total. The molecule has 1 saturated carbocycles. The molecule has 6 heteroatoms. The van der Waals surface area contributed by atoms with Crippen LogP contribution in [0.15, 0.2) is 24.5 Å². The Hall–Kier alpha value is -1.72. The average Bonchev–Trinajstić information content (AvgIpc) is 3.06. The van der Waals surface area contributed by atoms with Crippen molar-refractivity contribution in [2.45, 2.75) is 18.8 Å². The van der Waals surface area contributed by atoms with Crippen molar-refractivity contribution in [1.29, 1.82) is 0 Å². The molecule has 1 saturated heterocycles. The lowest BCUT2D eigenvalue weighted by Crippen LogP contribution is -2.49. The normalized spacial score (nSPS) is 24.6. The minimum Gasteiger partial charge on any atom is -0.367 e. The van der Waals surface area contributed by atoms with E-state index in [9.17, 15) is 13.6 Å². The van der Waals surface area contributed by atoms with Crippen molar-refractivity contribution >= 4 is 11.6 Å². The first-order chi connectivity index (χ1) is 9.56. The highest BCUT2D eigenvalue weighted by atomic mass is 19.3. The third-order valence-corrected chi connectivity index (χ3v) is 4.02. The molecule has 2 heterocycles. The quantitative estimate of drug-likeness (QED) is 0.847. The molecule has 0 spiro atoms. The van der Waals surface area contributed by atoms with Gasteiger partial charge in [-0.25, -0.2) is 8.78 Å². The number of anilines is 1. The highest BCUT2D eigenvalue weighted by Crippen LogP contribution is 2.50. The zero-order valence-electron chi connectivity index (χ0n) is 11.1. The van der Waals surface area contributed by atoms with Crippen LogP contribution in [0.5, 0.6) is 0 Å². The highest BCUT2D eigenvalue weighted by Gasteiger charge is 2.57. The van der Waals surface area contributed by atoms with Gasteiger partial charge >= 0.3 is 0 Å². The lowest BCUT2D eigenvalue weighted by atomic mass is 10.2. The molecule has 0 aromatic carbocycles. The van der Waals surface area contributed by atoms with Crippen LogP contribution in [0.4, 0.5) is 14.5 Å². The number of carbonyl (C=O) groups is 1. The van der Waals surface area contributed by atoms with Gasteiger partial charge in [-0.2, -0.15) is 0 Å². The van der Waals surface area contributed by atoms with Crippen LogP contribution in [0.2, 0.25) is 0 Å². The van der Waals surface area contributed by atoms with E-state index < -0.39 is 11.8 Å². The Morgan fingerprint density at radius 2 is 2.05 bits per heavy atom. The van der Waals surface area contributed by atoms with Gasteiger partial charge in [-0.1, -0.05) is 0 Å². The maximum absolute atomic E-state index is 12.8. The second kappa shape index (κ2) is 5.00. The highest BCUT2D eigenvalue weighted by molar-refractivity contribution is 5.77. The van der Waals surface area contributed by atoms with Crippen molar-refractivity contribution in [3.63, 3.8) is 0 Å². The van der Waals surface area contributed by atoms with Crippen molar-refractivity contribution in [3.05, 3.63) is 24.5 Å². The fourth-order valence-electron chi connectivity index (χ4n) is 2.59. The van der Waals surface area contributed by atoms with Crippen LogP contribution in [0, 0.1) is 5.92 Å². The maximum Gasteiger partial charge on any atom is 0.252 e. The van der Waals surface area contributed by atoms with Crippen LogP contribution in [-0.4, -0.2) is 47.9 Å². The van der Waals surface area contributed by atoms with Crippen LogP contribution in [-0.2, 0) is 4.79 Å². The Labute approximate surface area is 116 Å². The number of piperazine rings is 1. The summed E-state index contributed by atoms with van der Waals surface area (Å²) in [4.78, 5) is 19.9. The van der Waals surface area contributed by atoms with Gasteiger partial charge in [-0.15, -0.1) is 0 Å². The number of alkyl halides is 2. The van der Waals surface area contributed by atoms with E-state index in [2.05, 4.69) is 9.88 Å². The third kappa shape index (κ3) is 2.73. The topological polar surface area (TPSA) is 36.4 Å². The van der Waals surface area contributed by atoms with E-state index in [0.717, 1.165) is 18.8 Å². The number of hydrogen-bond donors (Lipinski definition) is 0. The fraction of sp³-hybridized carbons (Fsp3) is 0.571. The van der Waals surface area contributed by atoms with Gasteiger partial charge in [0.15, 0.2) is 0 Å². The molecule has 0 radical (unpaired) electrons. The monoisotopic (exact) mass is 281 g/mol. The summed E-state index contributed by atoms with van der Waals surface area (Å²) in [5, 5.41) is 0. The number of halogens is 2. The fourth-order valence-corrected chi connectivity index (χ4v) is 2.59. The predicted molar refractivity (Wildman–Crippen MR) is 70.7 cm³/mol. The standard InChI is InChI=1S/C14H17F2N3O/c15-14(16)9-11(14)8-13(20)19-6-4-18(5-7-19)12-2-1-3-17-10-12/h1-3,10-11H,4-9H2. The van der Waals surface area contributed by atoms with E-state index >= 15 is 0 Å². The Morgan fingerprint density at radius 1 is 1.35 bits per heavy atom. The summed E-state index contributed by atoms with van der Waals surface area (Å²) in [6.45, 7) is 2.62. The van der Waals surface area contributed by atoms with Crippen molar-refractivity contribution in [2.75, 3.05) is 31.1 Å². The number of rotatable bonds is 3. The van der Waals surface area contributed by atoms with Crippen molar-refractivity contribution in [1.82, 2.24) is 9.88 Å². The Bertz CT molecular complexity index is 486. The van der Waals surface area contributed by atoms with E-state index in [-0.39, 0.29) is 18.7 Å². The molecular weight excluding hydrogens is 264 g/mol. The molecule has 1 aliphatic heterocycles. The first-order valence-electron chi connectivity index (χ1n) is 6.87. The second-order valence-corrected chi connectivity index (χ2v) is 5.45. The Morgan fingerprint density at radius 3 is 2.60 bits per heavy atom. The summed E-state index contributed by atoms with van der Waals surface area (Å²) in [6, 6.07) is 3.86. The van der Waals surface area contributed by atoms with Crippen molar-refractivity contribution < 1.29 is 13.6 Å². The lowest BCUT2D eigenvalue weighted by Gasteiger charge is -2.36. The Kier molecular flexibility index (Phi) is 3.31. The van der Waals surface area contributed by atoms with Gasteiger partial charge in [0.25, 0.3) is 5.92 Å². The van der Waals surface area contributed by atoms with Gasteiger partial charge in [0, 0.05) is 51.1 Å². The van der Waals surface area contributed by atoms with E-state index in [1.54, 1.807) is 17.3 Å². The summed E-state index contributed by atoms with van der Waals surface area (Å²) in [7, 11) is 0. The van der Waals surface area contributed by atoms with Crippen LogP contribution in [0.25, 0.3) is 0 Å². The third-order valence-electron chi connectivity index (χ3n) is 4.02. The van der Waals surface area contributed by atoms with E-state index in [0.29, 0.717) is 13.1 Å². The van der Waals surface area contributed by atoms with Gasteiger partial charge in [-0.3, -0.25) is 9.78 Å². The number of carbonyl (C=O) groups excluding carboxylic acids is 1. The lowest BCUT2D eigenvalue weighted by molar-refractivity contribution is -0.132. The molecule has 108 valence electrons. The molecule has 0 N–H and O–H groups in total. The summed E-state index contributed by atoms with van der Waals surface area (Å²) in [5.41, 5.74) is 1.04. The SMILES string of the molecule is O=C(CC1CC1(F)F)N1CCN(c2cccnc2)CC1. The van der Waals surface area contributed by atoms with Gasteiger partial charge in [-0.05, 0) is 12.1 Å². The maximum atomic E-state index is 12.8. The molecule has 2 aliphatic rings. The number of hydrogen-bond acceptors (Lipinski definition) is 3. The molecule has 1 amide bonds. The number of aromatic nitrogens is 1. The molecule has 1 aromatic heterocycles. The van der Waals surface area contributed by atoms with Gasteiger partial charge in [0.05, 0.1) is 11.9 Å². The molecule has 1 atom stereocenters. The zero-order chi connectivity index (χ0) is 14.2. The molecule has 3 rings (SSSR count). The van der Waals surface area contributed by atoms with Crippen LogP contribution < -0.4 is 4.90 Å². The van der Waals surface area contributed by atoms with Crippen LogP contribution in [0.3, 0.4) is 0 Å². The second-order valence-electron chi connectivity index (χ2n) is 5.45. The molecular formula is C14H17F2N3O. The van der Waals surface area contributed by atoms with E-state index in [1.807, 2.05) is 12.1 Å². The molecule has 1 unspecified atom stereocenters. The molecule has 1 aliphatic carbocycles. The summed E-state index contributed by atoms with van der Waals surface area (Å²) in [5.74, 6) is -3.47. The predicted octanol–water partition coefficient (Wildman–Crippen LogP) is 1.78. The van der Waals surface area contributed by atoms with Crippen LogP contribution >= 0.6 is 0 Å². The van der Waals surface area contributed by atoms with Crippen LogP contribution in [0.1, 0.15) is 12.8 Å². The first kappa shape index (κ1) is 13.3. The summed E-state index contributed by atoms with van der Waals surface area (Å²) >= 11 is 0. The number of nitrogens with zero attached hydrogens (tertiary/aromatic N) is 3. The minimum atomic E-state index is -2.60. The molecule has 20 heavy (non-hydrogen) atoms. The summed E-state index contributed by atoms with van der Waals surface area (Å²) < 4.78 is 25.6. The number of amides is 1. The van der Waals surface area contributed by atoms with Gasteiger partial charge in [0.1, 0.15) is 0 Å². The smallest absolute Gasteiger partial charge is 0.252 e. The largest absolute Gasteiger partial charge is 0.367 e. The van der Waals surface area contributed by atoms with Crippen molar-refractivity contribution in [2.24, 2.45) is 5.92 Å². The van der Waals surface area contributed by atoms with Crippen molar-refractivity contribution in [3.8, 4) is 0 Å². The molecule has 0 bridgehead atoms. The average molecular weight is 281 g/mol. The Balaban J connectivity index is 1.50. The van der Waals surface area contributed by atoms with Gasteiger partial charge < -0.3 is 9.80 Å². The summed E-state index contributed by atoms with van der Waals surface area (Å²) in [6.07, 6.45) is 3.37. The zero-order valence-corrected chi connectivity index (χ0v) is 11.1. The minimum absolute atomic E-state index is 0.0140. The number of pyridine rings is 1.